The van der Waals surface area contributed by atoms with Crippen LogP contribution in [0, 0.1) is 5.82 Å². The van der Waals surface area contributed by atoms with Crippen molar-refractivity contribution in [1.82, 2.24) is 4.72 Å². The lowest BCUT2D eigenvalue weighted by atomic mass is 10.3. The Labute approximate surface area is 109 Å². The summed E-state index contributed by atoms with van der Waals surface area (Å²) < 4.78 is 39.9. The maximum Gasteiger partial charge on any atom is 0.243 e. The van der Waals surface area contributed by atoms with Crippen LogP contribution >= 0.6 is 15.9 Å². The van der Waals surface area contributed by atoms with Gasteiger partial charge in [0.15, 0.2) is 5.82 Å². The number of benzene rings is 1. The Balaban J connectivity index is 3.24. The van der Waals surface area contributed by atoms with Crippen LogP contribution in [0.25, 0.3) is 0 Å². The highest BCUT2D eigenvalue weighted by Crippen LogP contribution is 2.26. The first-order valence-electron chi connectivity index (χ1n) is 5.04. The zero-order chi connectivity index (χ0) is 13.2. The standard InChI is InChI=1S/C10H14BrFN2O2S/c1-3-6(2)14-17(15,16)9-5-7(13)4-8(11)10(9)12/h4-6,14H,3,13H2,1-2H3. The van der Waals surface area contributed by atoms with Crippen LogP contribution in [0.5, 0.6) is 0 Å². The Morgan fingerprint density at radius 1 is 1.53 bits per heavy atom. The second-order valence-corrected chi connectivity index (χ2v) is 6.28. The van der Waals surface area contributed by atoms with Gasteiger partial charge in [0.05, 0.1) is 4.47 Å². The van der Waals surface area contributed by atoms with E-state index >= 15 is 0 Å². The van der Waals surface area contributed by atoms with E-state index in [1.54, 1.807) is 6.92 Å². The molecule has 0 aliphatic heterocycles. The molecule has 1 atom stereocenters. The predicted molar refractivity (Wildman–Crippen MR) is 68.6 cm³/mol. The molecule has 0 aliphatic carbocycles. The molecular weight excluding hydrogens is 311 g/mol. The van der Waals surface area contributed by atoms with Crippen LogP contribution in [-0.4, -0.2) is 14.5 Å². The average Bonchev–Trinajstić information content (AvgIpc) is 2.22. The first kappa shape index (κ1) is 14.4. The third-order valence-corrected chi connectivity index (χ3v) is 4.44. The van der Waals surface area contributed by atoms with E-state index in [1.807, 2.05) is 6.92 Å². The number of hydrogen-bond acceptors (Lipinski definition) is 3. The van der Waals surface area contributed by atoms with E-state index in [4.69, 9.17) is 5.73 Å². The lowest BCUT2D eigenvalue weighted by Crippen LogP contribution is -2.32. The van der Waals surface area contributed by atoms with Crippen molar-refractivity contribution in [3.8, 4) is 0 Å². The Morgan fingerprint density at radius 3 is 2.65 bits per heavy atom. The number of nitrogens with two attached hydrogens (primary N) is 1. The number of halogens is 2. The van der Waals surface area contributed by atoms with Gasteiger partial charge >= 0.3 is 0 Å². The van der Waals surface area contributed by atoms with Crippen molar-refractivity contribution in [3.63, 3.8) is 0 Å². The van der Waals surface area contributed by atoms with Gasteiger partial charge in [0.1, 0.15) is 4.90 Å². The summed E-state index contributed by atoms with van der Waals surface area (Å²) in [5.74, 6) is -0.838. The molecule has 3 N–H and O–H groups in total. The second-order valence-electron chi connectivity index (χ2n) is 3.75. The molecule has 96 valence electrons. The highest BCUT2D eigenvalue weighted by atomic mass is 79.9. The van der Waals surface area contributed by atoms with Crippen LogP contribution in [0.1, 0.15) is 20.3 Å². The summed E-state index contributed by atoms with van der Waals surface area (Å²) in [6.45, 7) is 3.54. The fraction of sp³-hybridized carbons (Fsp3) is 0.400. The highest BCUT2D eigenvalue weighted by molar-refractivity contribution is 9.10. The van der Waals surface area contributed by atoms with E-state index in [2.05, 4.69) is 20.7 Å². The van der Waals surface area contributed by atoms with Crippen LogP contribution in [0.2, 0.25) is 0 Å². The van der Waals surface area contributed by atoms with Gasteiger partial charge in [-0.3, -0.25) is 0 Å². The van der Waals surface area contributed by atoms with Gasteiger partial charge < -0.3 is 5.73 Å². The summed E-state index contributed by atoms with van der Waals surface area (Å²) >= 11 is 2.93. The van der Waals surface area contributed by atoms with Gasteiger partial charge in [0.25, 0.3) is 0 Å². The summed E-state index contributed by atoms with van der Waals surface area (Å²) in [4.78, 5) is -0.440. The number of hydrogen-bond donors (Lipinski definition) is 2. The summed E-state index contributed by atoms with van der Waals surface area (Å²) in [6, 6.07) is 2.15. The zero-order valence-electron chi connectivity index (χ0n) is 9.50. The molecule has 0 aliphatic rings. The normalized spacial score (nSPS) is 13.6. The van der Waals surface area contributed by atoms with Crippen molar-refractivity contribution in [2.45, 2.75) is 31.2 Å². The molecule has 0 aromatic heterocycles. The van der Waals surface area contributed by atoms with E-state index < -0.39 is 20.7 Å². The van der Waals surface area contributed by atoms with Crippen LogP contribution in [0.15, 0.2) is 21.5 Å². The van der Waals surface area contributed by atoms with Gasteiger partial charge in [-0.25, -0.2) is 17.5 Å². The Hall–Kier alpha value is -0.660. The highest BCUT2D eigenvalue weighted by Gasteiger charge is 2.23. The van der Waals surface area contributed by atoms with Crippen molar-refractivity contribution in [3.05, 3.63) is 22.4 Å². The fourth-order valence-corrected chi connectivity index (χ4v) is 3.26. The van der Waals surface area contributed by atoms with Crippen molar-refractivity contribution in [2.24, 2.45) is 0 Å². The van der Waals surface area contributed by atoms with Crippen molar-refractivity contribution in [2.75, 3.05) is 5.73 Å². The maximum absolute atomic E-state index is 13.7. The molecule has 7 heteroatoms. The summed E-state index contributed by atoms with van der Waals surface area (Å²) in [5, 5.41) is 0. The molecule has 17 heavy (non-hydrogen) atoms. The van der Waals surface area contributed by atoms with Crippen molar-refractivity contribution in [1.29, 1.82) is 0 Å². The quantitative estimate of drug-likeness (QED) is 0.834. The van der Waals surface area contributed by atoms with Gasteiger partial charge in [-0.1, -0.05) is 6.92 Å². The SMILES string of the molecule is CCC(C)NS(=O)(=O)c1cc(N)cc(Br)c1F. The summed E-state index contributed by atoms with van der Waals surface area (Å²) in [5.41, 5.74) is 5.68. The Bertz CT molecular complexity index is 519. The van der Waals surface area contributed by atoms with Crippen molar-refractivity contribution < 1.29 is 12.8 Å². The first-order valence-corrected chi connectivity index (χ1v) is 7.32. The molecule has 0 saturated carbocycles. The average molecular weight is 325 g/mol. The molecule has 0 radical (unpaired) electrons. The number of nitrogen functional groups attached to an aromatic ring is 1. The Kier molecular flexibility index (Phi) is 4.51. The third kappa shape index (κ3) is 3.40. The molecule has 1 rings (SSSR count). The predicted octanol–water partition coefficient (Wildman–Crippen LogP) is 2.25. The molecule has 1 aromatic carbocycles. The number of anilines is 1. The van der Waals surface area contributed by atoms with Crippen LogP contribution < -0.4 is 10.5 Å². The van der Waals surface area contributed by atoms with Gasteiger partial charge in [-0.15, -0.1) is 0 Å². The largest absolute Gasteiger partial charge is 0.399 e. The lowest BCUT2D eigenvalue weighted by molar-refractivity contribution is 0.538. The minimum Gasteiger partial charge on any atom is -0.399 e. The Morgan fingerprint density at radius 2 is 2.12 bits per heavy atom. The third-order valence-electron chi connectivity index (χ3n) is 2.28. The van der Waals surface area contributed by atoms with Gasteiger partial charge in [0.2, 0.25) is 10.0 Å². The summed E-state index contributed by atoms with van der Waals surface area (Å²) in [7, 11) is -3.88. The molecule has 4 nitrogen and oxygen atoms in total. The van der Waals surface area contributed by atoms with E-state index in [1.165, 1.54) is 6.07 Å². The monoisotopic (exact) mass is 324 g/mol. The van der Waals surface area contributed by atoms with Gasteiger partial charge in [-0.2, -0.15) is 0 Å². The van der Waals surface area contributed by atoms with Crippen LogP contribution in [0.3, 0.4) is 0 Å². The molecule has 0 amide bonds. The molecule has 0 saturated heterocycles. The molecular formula is C10H14BrFN2O2S. The van der Waals surface area contributed by atoms with E-state index in [0.717, 1.165) is 6.07 Å². The van der Waals surface area contributed by atoms with Crippen LogP contribution in [0.4, 0.5) is 10.1 Å². The van der Waals surface area contributed by atoms with Crippen LogP contribution in [-0.2, 0) is 10.0 Å². The summed E-state index contributed by atoms with van der Waals surface area (Å²) in [6.07, 6.45) is 0.615. The molecule has 0 fully saturated rings. The topological polar surface area (TPSA) is 72.2 Å². The number of sulfonamides is 1. The molecule has 1 unspecified atom stereocenters. The molecule has 0 heterocycles. The minimum absolute atomic E-state index is 0.0297. The lowest BCUT2D eigenvalue weighted by Gasteiger charge is -2.13. The van der Waals surface area contributed by atoms with Gasteiger partial charge in [-0.05, 0) is 41.4 Å². The smallest absolute Gasteiger partial charge is 0.243 e. The maximum atomic E-state index is 13.7. The zero-order valence-corrected chi connectivity index (χ0v) is 11.9. The van der Waals surface area contributed by atoms with Crippen molar-refractivity contribution >= 4 is 31.6 Å². The molecule has 0 spiro atoms. The van der Waals surface area contributed by atoms with Gasteiger partial charge in [0, 0.05) is 11.7 Å². The van der Waals surface area contributed by atoms with E-state index in [0.29, 0.717) is 6.42 Å². The number of nitrogens with one attached hydrogen (secondary N) is 1. The minimum atomic E-state index is -3.88. The van der Waals surface area contributed by atoms with E-state index in [9.17, 15) is 12.8 Å². The number of rotatable bonds is 4. The fourth-order valence-electron chi connectivity index (χ4n) is 1.19. The first-order chi connectivity index (χ1) is 7.77. The second kappa shape index (κ2) is 5.32. The van der Waals surface area contributed by atoms with E-state index in [-0.39, 0.29) is 16.2 Å². The molecule has 0 bridgehead atoms. The molecule has 1 aromatic rings.